The van der Waals surface area contributed by atoms with Crippen LogP contribution in [0.5, 0.6) is 11.5 Å². The number of carbonyl (C=O) groups excluding carboxylic acids is 2. The number of amides is 2. The summed E-state index contributed by atoms with van der Waals surface area (Å²) < 4.78 is 11.9. The number of hydrogen-bond acceptors (Lipinski definition) is 6. The Kier molecular flexibility index (Phi) is 8.35. The van der Waals surface area contributed by atoms with Crippen molar-refractivity contribution < 1.29 is 29.0 Å². The number of carboxylic acids is 1. The molecule has 0 radical (unpaired) electrons. The molecule has 1 unspecified atom stereocenters. The number of para-hydroxylation sites is 2. The largest absolute Gasteiger partial charge is 0.485 e. The van der Waals surface area contributed by atoms with Crippen molar-refractivity contribution in [3.05, 3.63) is 87.7 Å². The van der Waals surface area contributed by atoms with E-state index in [1.807, 2.05) is 24.3 Å². The first-order chi connectivity index (χ1) is 18.2. The number of carboxylic acid groups (broad SMARTS) is 1. The van der Waals surface area contributed by atoms with Crippen molar-refractivity contribution in [2.75, 3.05) is 0 Å². The highest BCUT2D eigenvalue weighted by Gasteiger charge is 2.23. The zero-order valence-corrected chi connectivity index (χ0v) is 21.3. The number of fused-ring (bicyclic) bond motifs is 1. The summed E-state index contributed by atoms with van der Waals surface area (Å²) in [6.45, 7) is 0.111. The number of hydrogen-bond donors (Lipinski definition) is 4. The quantitative estimate of drug-likeness (QED) is 0.216. The molecule has 0 aliphatic heterocycles. The Bertz CT molecular complexity index is 1470. The zero-order valence-electron chi connectivity index (χ0n) is 19.7. The summed E-state index contributed by atoms with van der Waals surface area (Å²) in [4.78, 5) is 43.0. The van der Waals surface area contributed by atoms with E-state index in [1.54, 1.807) is 18.2 Å². The summed E-state index contributed by atoms with van der Waals surface area (Å²) in [5, 5.41) is 12.5. The molecule has 2 amide bonds. The molecule has 0 spiro atoms. The Balaban J connectivity index is 1.57. The van der Waals surface area contributed by atoms with E-state index in [2.05, 4.69) is 15.3 Å². The number of nitrogens with two attached hydrogens (primary N) is 1. The van der Waals surface area contributed by atoms with Gasteiger partial charge in [-0.15, -0.1) is 0 Å². The molecule has 0 aliphatic rings. The van der Waals surface area contributed by atoms with Gasteiger partial charge in [0.15, 0.2) is 11.5 Å². The van der Waals surface area contributed by atoms with Gasteiger partial charge in [0, 0.05) is 21.2 Å². The maximum Gasteiger partial charge on any atom is 0.326 e. The van der Waals surface area contributed by atoms with Crippen LogP contribution in [0.4, 0.5) is 0 Å². The summed E-state index contributed by atoms with van der Waals surface area (Å²) in [6.07, 6.45) is -0.557. The lowest BCUT2D eigenvalue weighted by molar-refractivity contribution is -0.140. The van der Waals surface area contributed by atoms with Gasteiger partial charge in [-0.3, -0.25) is 9.59 Å². The monoisotopic (exact) mass is 556 g/mol. The fourth-order valence-electron chi connectivity index (χ4n) is 3.54. The number of aromatic nitrogens is 2. The van der Waals surface area contributed by atoms with E-state index < -0.39 is 30.2 Å². The highest BCUT2D eigenvalue weighted by Crippen LogP contribution is 2.31. The number of carbonyl (C=O) groups is 3. The summed E-state index contributed by atoms with van der Waals surface area (Å²) in [5.41, 5.74) is 7.46. The van der Waals surface area contributed by atoms with Crippen LogP contribution in [0.25, 0.3) is 11.0 Å². The van der Waals surface area contributed by atoms with Crippen LogP contribution < -0.4 is 20.5 Å². The van der Waals surface area contributed by atoms with E-state index in [0.717, 1.165) is 11.0 Å². The van der Waals surface area contributed by atoms with Crippen molar-refractivity contribution >= 4 is 52.0 Å². The van der Waals surface area contributed by atoms with Crippen LogP contribution in [0.2, 0.25) is 10.0 Å². The molecular weight excluding hydrogens is 535 g/mol. The maximum atomic E-state index is 12.8. The number of aliphatic carboxylic acids is 1. The Morgan fingerprint density at radius 2 is 1.76 bits per heavy atom. The number of halogens is 2. The molecule has 1 aromatic heterocycles. The number of nitrogens with zero attached hydrogens (tertiary/aromatic N) is 1. The second-order valence-electron chi connectivity index (χ2n) is 8.21. The van der Waals surface area contributed by atoms with Gasteiger partial charge in [0.2, 0.25) is 5.91 Å². The van der Waals surface area contributed by atoms with Gasteiger partial charge in [0.25, 0.3) is 5.91 Å². The van der Waals surface area contributed by atoms with Gasteiger partial charge in [0.05, 0.1) is 17.5 Å². The van der Waals surface area contributed by atoms with E-state index in [1.165, 1.54) is 18.2 Å². The van der Waals surface area contributed by atoms with Crippen molar-refractivity contribution in [2.45, 2.75) is 25.7 Å². The lowest BCUT2D eigenvalue weighted by Crippen LogP contribution is -2.43. The molecule has 10 nitrogen and oxygen atoms in total. The fraction of sp³-hybridized carbons (Fsp3) is 0.154. The fourth-order valence-corrected chi connectivity index (χ4v) is 4.00. The number of aromatic amines is 1. The number of primary amides is 1. The van der Waals surface area contributed by atoms with Crippen molar-refractivity contribution in [3.63, 3.8) is 0 Å². The Morgan fingerprint density at radius 1 is 1.00 bits per heavy atom. The van der Waals surface area contributed by atoms with Gasteiger partial charge in [-0.05, 0) is 42.5 Å². The molecule has 1 atom stereocenters. The molecule has 0 saturated carbocycles. The van der Waals surface area contributed by atoms with Gasteiger partial charge in [0.1, 0.15) is 25.1 Å². The molecule has 12 heteroatoms. The van der Waals surface area contributed by atoms with Crippen molar-refractivity contribution in [1.29, 1.82) is 0 Å². The molecule has 1 heterocycles. The first kappa shape index (κ1) is 26.8. The highest BCUT2D eigenvalue weighted by molar-refractivity contribution is 6.35. The van der Waals surface area contributed by atoms with Crippen LogP contribution in [0.3, 0.4) is 0 Å². The van der Waals surface area contributed by atoms with E-state index in [4.69, 9.17) is 38.4 Å². The predicted molar refractivity (Wildman–Crippen MR) is 140 cm³/mol. The number of rotatable bonds is 11. The average Bonchev–Trinajstić information content (AvgIpc) is 3.29. The Morgan fingerprint density at radius 3 is 2.47 bits per heavy atom. The maximum absolute atomic E-state index is 12.8. The van der Waals surface area contributed by atoms with E-state index >= 15 is 0 Å². The van der Waals surface area contributed by atoms with Gasteiger partial charge in [-0.25, -0.2) is 9.78 Å². The first-order valence-electron chi connectivity index (χ1n) is 11.3. The molecular formula is C26H22Cl2N4O6. The highest BCUT2D eigenvalue weighted by atomic mass is 35.5. The molecule has 5 N–H and O–H groups in total. The number of nitrogens with one attached hydrogen (secondary N) is 2. The Hall–Kier alpha value is -4.28. The van der Waals surface area contributed by atoms with Crippen molar-refractivity contribution in [1.82, 2.24) is 15.3 Å². The smallest absolute Gasteiger partial charge is 0.326 e. The predicted octanol–water partition coefficient (Wildman–Crippen LogP) is 4.09. The lowest BCUT2D eigenvalue weighted by atomic mass is 10.1. The van der Waals surface area contributed by atoms with E-state index in [0.29, 0.717) is 27.2 Å². The molecule has 3 aromatic carbocycles. The zero-order chi connectivity index (χ0) is 27.2. The molecule has 0 fully saturated rings. The molecule has 0 bridgehead atoms. The van der Waals surface area contributed by atoms with Gasteiger partial charge < -0.3 is 30.6 Å². The van der Waals surface area contributed by atoms with Crippen LogP contribution in [0.1, 0.15) is 28.2 Å². The second kappa shape index (κ2) is 11.8. The second-order valence-corrected chi connectivity index (χ2v) is 9.05. The number of imidazole rings is 1. The molecule has 196 valence electrons. The average molecular weight is 557 g/mol. The minimum Gasteiger partial charge on any atom is -0.485 e. The topological polar surface area (TPSA) is 157 Å². The van der Waals surface area contributed by atoms with E-state index in [-0.39, 0.29) is 24.5 Å². The third kappa shape index (κ3) is 6.72. The normalized spacial score (nSPS) is 11.6. The van der Waals surface area contributed by atoms with Gasteiger partial charge in [-0.1, -0.05) is 41.4 Å². The number of H-pyrrole nitrogens is 1. The minimum atomic E-state index is -1.48. The molecule has 0 aliphatic carbocycles. The SMILES string of the molecule is NC(=O)CC(NC(=O)c1ccc(OCc2nc3ccccc3[nH]2)c(OCc2ccc(Cl)cc2Cl)c1)C(=O)O. The molecule has 0 saturated heterocycles. The molecule has 4 rings (SSSR count). The van der Waals surface area contributed by atoms with Gasteiger partial charge >= 0.3 is 5.97 Å². The van der Waals surface area contributed by atoms with Crippen molar-refractivity contribution in [3.8, 4) is 11.5 Å². The van der Waals surface area contributed by atoms with Crippen LogP contribution in [-0.4, -0.2) is 38.9 Å². The summed E-state index contributed by atoms with van der Waals surface area (Å²) >= 11 is 12.2. The minimum absolute atomic E-state index is 0.0293. The van der Waals surface area contributed by atoms with Crippen LogP contribution in [0.15, 0.2) is 60.7 Å². The van der Waals surface area contributed by atoms with Gasteiger partial charge in [-0.2, -0.15) is 0 Å². The molecule has 4 aromatic rings. The van der Waals surface area contributed by atoms with E-state index in [9.17, 15) is 19.5 Å². The third-order valence-corrected chi connectivity index (χ3v) is 6.00. The Labute approximate surface area is 226 Å². The lowest BCUT2D eigenvalue weighted by Gasteiger charge is -2.16. The molecule has 38 heavy (non-hydrogen) atoms. The summed E-state index contributed by atoms with van der Waals surface area (Å²) in [6, 6.07) is 15.4. The number of ether oxygens (including phenoxy) is 2. The van der Waals surface area contributed by atoms with Crippen LogP contribution in [-0.2, 0) is 22.8 Å². The number of benzene rings is 3. The van der Waals surface area contributed by atoms with Crippen LogP contribution >= 0.6 is 23.2 Å². The summed E-state index contributed by atoms with van der Waals surface area (Å²) in [7, 11) is 0. The first-order valence-corrected chi connectivity index (χ1v) is 12.0. The van der Waals surface area contributed by atoms with Crippen LogP contribution in [0, 0.1) is 0 Å². The standard InChI is InChI=1S/C26H22Cl2N4O6/c27-16-7-5-15(17(28)10-16)12-37-22-9-14(25(34)32-20(26(35)36)11-23(29)33)6-8-21(22)38-13-24-30-18-3-1-2-4-19(18)31-24/h1-10,20H,11-13H2,(H2,29,33)(H,30,31)(H,32,34)(H,35,36). The third-order valence-electron chi connectivity index (χ3n) is 5.42. The summed E-state index contributed by atoms with van der Waals surface area (Å²) in [5.74, 6) is -1.92. The van der Waals surface area contributed by atoms with Crippen molar-refractivity contribution in [2.24, 2.45) is 5.73 Å².